The maximum Gasteiger partial charge on any atom is 0.0722 e. The number of rotatable bonds is 2. The Morgan fingerprint density at radius 3 is 2.55 bits per heavy atom. The van der Waals surface area contributed by atoms with Gasteiger partial charge >= 0.3 is 0 Å². The third-order valence-corrected chi connectivity index (χ3v) is 2.16. The summed E-state index contributed by atoms with van der Waals surface area (Å²) in [6.45, 7) is 8.50. The van der Waals surface area contributed by atoms with E-state index in [2.05, 4.69) is 31.1 Å². The Labute approximate surface area is 67.4 Å². The van der Waals surface area contributed by atoms with E-state index >= 15 is 0 Å². The summed E-state index contributed by atoms with van der Waals surface area (Å²) in [4.78, 5) is 0. The summed E-state index contributed by atoms with van der Waals surface area (Å²) < 4.78 is 1.97. The highest BCUT2D eigenvalue weighted by molar-refractivity contribution is 4.93. The van der Waals surface area contributed by atoms with E-state index in [-0.39, 0.29) is 5.54 Å². The van der Waals surface area contributed by atoms with Gasteiger partial charge in [0.2, 0.25) is 0 Å². The normalized spacial score (nSPS) is 12.0. The molecule has 0 N–H and O–H groups in total. The van der Waals surface area contributed by atoms with Crippen molar-refractivity contribution in [2.45, 2.75) is 39.7 Å². The molecule has 0 saturated carbocycles. The van der Waals surface area contributed by atoms with E-state index in [4.69, 9.17) is 0 Å². The molecular weight excluding hydrogens is 138 g/mol. The molecule has 1 heterocycles. The largest absolute Gasteiger partial charge is 0.244 e. The van der Waals surface area contributed by atoms with E-state index in [9.17, 15) is 0 Å². The zero-order valence-electron chi connectivity index (χ0n) is 7.63. The first-order valence-corrected chi connectivity index (χ1v) is 3.95. The summed E-state index contributed by atoms with van der Waals surface area (Å²) in [6, 6.07) is 0. The maximum absolute atomic E-state index is 4.02. The zero-order chi connectivity index (χ0) is 8.48. The molecule has 0 aliphatic heterocycles. The van der Waals surface area contributed by atoms with Crippen LogP contribution in [0.3, 0.4) is 0 Å². The first-order valence-electron chi connectivity index (χ1n) is 3.95. The first-order chi connectivity index (χ1) is 5.08. The van der Waals surface area contributed by atoms with E-state index < -0.39 is 0 Å². The van der Waals surface area contributed by atoms with Crippen LogP contribution in [-0.2, 0) is 5.54 Å². The molecule has 1 rings (SSSR count). The molecule has 0 aromatic carbocycles. The molecule has 3 nitrogen and oxygen atoms in total. The minimum Gasteiger partial charge on any atom is -0.244 e. The molecule has 0 fully saturated rings. The average Bonchev–Trinajstić information content (AvgIpc) is 2.36. The predicted molar refractivity (Wildman–Crippen MR) is 44.4 cm³/mol. The smallest absolute Gasteiger partial charge is 0.0722 e. The highest BCUT2D eigenvalue weighted by Gasteiger charge is 2.19. The average molecular weight is 153 g/mol. The van der Waals surface area contributed by atoms with E-state index in [1.54, 1.807) is 6.20 Å². The minimum absolute atomic E-state index is 0.0978. The monoisotopic (exact) mass is 153 g/mol. The SMILES string of the molecule is CCC(C)(C)n1nncc1C. The Bertz CT molecular complexity index is 237. The maximum atomic E-state index is 4.02. The van der Waals surface area contributed by atoms with Crippen molar-refractivity contribution in [3.8, 4) is 0 Å². The second-order valence-corrected chi connectivity index (χ2v) is 3.45. The molecule has 0 radical (unpaired) electrons. The Hall–Kier alpha value is -0.860. The first kappa shape index (κ1) is 8.24. The third kappa shape index (κ3) is 1.42. The van der Waals surface area contributed by atoms with Gasteiger partial charge in [-0.25, -0.2) is 4.68 Å². The van der Waals surface area contributed by atoms with Crippen LogP contribution < -0.4 is 0 Å². The lowest BCUT2D eigenvalue weighted by Crippen LogP contribution is -2.27. The van der Waals surface area contributed by atoms with Crippen LogP contribution in [0.5, 0.6) is 0 Å². The fourth-order valence-electron chi connectivity index (χ4n) is 1.03. The fraction of sp³-hybridized carbons (Fsp3) is 0.750. The van der Waals surface area contributed by atoms with Gasteiger partial charge in [-0.3, -0.25) is 0 Å². The number of aryl methyl sites for hydroxylation is 1. The van der Waals surface area contributed by atoms with Gasteiger partial charge in [0.1, 0.15) is 0 Å². The summed E-state index contributed by atoms with van der Waals surface area (Å²) in [5.41, 5.74) is 1.22. The molecule has 0 atom stereocenters. The summed E-state index contributed by atoms with van der Waals surface area (Å²) in [5.74, 6) is 0. The molecule has 0 aliphatic carbocycles. The van der Waals surface area contributed by atoms with Crippen molar-refractivity contribution in [2.24, 2.45) is 0 Å². The van der Waals surface area contributed by atoms with Crippen LogP contribution in [0.2, 0.25) is 0 Å². The Kier molecular flexibility index (Phi) is 1.98. The number of aromatic nitrogens is 3. The molecule has 1 aromatic rings. The third-order valence-electron chi connectivity index (χ3n) is 2.16. The lowest BCUT2D eigenvalue weighted by Gasteiger charge is -2.23. The van der Waals surface area contributed by atoms with Gasteiger partial charge in [0.05, 0.1) is 17.4 Å². The Morgan fingerprint density at radius 1 is 1.55 bits per heavy atom. The Balaban J connectivity index is 3.00. The van der Waals surface area contributed by atoms with Gasteiger partial charge in [-0.15, -0.1) is 5.10 Å². The van der Waals surface area contributed by atoms with E-state index in [1.807, 2.05) is 11.6 Å². The highest BCUT2D eigenvalue weighted by Crippen LogP contribution is 2.18. The topological polar surface area (TPSA) is 30.7 Å². The molecule has 0 amide bonds. The number of nitrogens with zero attached hydrogens (tertiary/aromatic N) is 3. The molecule has 11 heavy (non-hydrogen) atoms. The van der Waals surface area contributed by atoms with E-state index in [0.29, 0.717) is 0 Å². The van der Waals surface area contributed by atoms with Crippen LogP contribution in [0.4, 0.5) is 0 Å². The lowest BCUT2D eigenvalue weighted by molar-refractivity contribution is 0.295. The fourth-order valence-corrected chi connectivity index (χ4v) is 1.03. The molecule has 1 aromatic heterocycles. The summed E-state index contributed by atoms with van der Waals surface area (Å²) in [7, 11) is 0. The minimum atomic E-state index is 0.0978. The predicted octanol–water partition coefficient (Wildman–Crippen LogP) is 1.73. The van der Waals surface area contributed by atoms with Crippen molar-refractivity contribution in [1.29, 1.82) is 0 Å². The van der Waals surface area contributed by atoms with E-state index in [0.717, 1.165) is 12.1 Å². The van der Waals surface area contributed by atoms with Gasteiger partial charge in [0.15, 0.2) is 0 Å². The summed E-state index contributed by atoms with van der Waals surface area (Å²) in [6.07, 6.45) is 2.86. The van der Waals surface area contributed by atoms with E-state index in [1.165, 1.54) is 0 Å². The molecule has 62 valence electrons. The standard InChI is InChI=1S/C8H15N3/c1-5-8(3,4)11-7(2)6-9-10-11/h6H,5H2,1-4H3. The molecular formula is C8H15N3. The second kappa shape index (κ2) is 2.64. The molecule has 0 aliphatic rings. The summed E-state index contributed by atoms with van der Waals surface area (Å²) in [5, 5.41) is 7.87. The lowest BCUT2D eigenvalue weighted by atomic mass is 10.0. The van der Waals surface area contributed by atoms with Crippen molar-refractivity contribution in [3.05, 3.63) is 11.9 Å². The van der Waals surface area contributed by atoms with Crippen LogP contribution in [0, 0.1) is 6.92 Å². The summed E-state index contributed by atoms with van der Waals surface area (Å²) >= 11 is 0. The molecule has 0 spiro atoms. The van der Waals surface area contributed by atoms with Crippen molar-refractivity contribution in [1.82, 2.24) is 15.0 Å². The van der Waals surface area contributed by atoms with Crippen LogP contribution in [0.15, 0.2) is 6.20 Å². The highest BCUT2D eigenvalue weighted by atomic mass is 15.4. The zero-order valence-corrected chi connectivity index (χ0v) is 7.63. The van der Waals surface area contributed by atoms with Crippen molar-refractivity contribution < 1.29 is 0 Å². The van der Waals surface area contributed by atoms with Gasteiger partial charge < -0.3 is 0 Å². The Morgan fingerprint density at radius 2 is 2.18 bits per heavy atom. The molecule has 0 bridgehead atoms. The van der Waals surface area contributed by atoms with Gasteiger partial charge in [0, 0.05) is 0 Å². The van der Waals surface area contributed by atoms with Gasteiger partial charge in [-0.2, -0.15) is 0 Å². The van der Waals surface area contributed by atoms with Crippen LogP contribution in [-0.4, -0.2) is 15.0 Å². The molecule has 0 saturated heterocycles. The van der Waals surface area contributed by atoms with Gasteiger partial charge in [-0.05, 0) is 27.2 Å². The van der Waals surface area contributed by atoms with Crippen LogP contribution >= 0.6 is 0 Å². The molecule has 3 heteroatoms. The number of hydrogen-bond donors (Lipinski definition) is 0. The molecule has 0 unspecified atom stereocenters. The van der Waals surface area contributed by atoms with Crippen LogP contribution in [0.1, 0.15) is 32.9 Å². The number of hydrogen-bond acceptors (Lipinski definition) is 2. The van der Waals surface area contributed by atoms with Gasteiger partial charge in [-0.1, -0.05) is 12.1 Å². The van der Waals surface area contributed by atoms with Crippen molar-refractivity contribution in [3.63, 3.8) is 0 Å². The van der Waals surface area contributed by atoms with Crippen molar-refractivity contribution in [2.75, 3.05) is 0 Å². The quantitative estimate of drug-likeness (QED) is 0.647. The van der Waals surface area contributed by atoms with Gasteiger partial charge in [0.25, 0.3) is 0 Å². The van der Waals surface area contributed by atoms with Crippen LogP contribution in [0.25, 0.3) is 0 Å². The second-order valence-electron chi connectivity index (χ2n) is 3.45. The van der Waals surface area contributed by atoms with Crippen molar-refractivity contribution >= 4 is 0 Å².